The highest BCUT2D eigenvalue weighted by atomic mass is 16.5. The van der Waals surface area contributed by atoms with Gasteiger partial charge in [-0.3, -0.25) is 5.10 Å². The first-order valence-electron chi connectivity index (χ1n) is 5.24. The maximum absolute atomic E-state index is 11.6. The molecular weight excluding hydrogens is 234 g/mol. The van der Waals surface area contributed by atoms with Crippen LogP contribution in [0.4, 0.5) is 5.82 Å². The van der Waals surface area contributed by atoms with Crippen molar-refractivity contribution in [3.63, 3.8) is 0 Å². The normalized spacial score (nSPS) is 10.1. The molecule has 6 nitrogen and oxygen atoms in total. The second kappa shape index (κ2) is 4.79. The minimum absolute atomic E-state index is 0.208. The number of hydrogen-bond acceptors (Lipinski definition) is 5. The van der Waals surface area contributed by atoms with Crippen molar-refractivity contribution in [2.45, 2.75) is 0 Å². The molecule has 0 atom stereocenters. The maximum atomic E-state index is 11.6. The van der Waals surface area contributed by atoms with Crippen LogP contribution in [0.15, 0.2) is 24.3 Å². The molecule has 0 aliphatic heterocycles. The Labute approximate surface area is 104 Å². The monoisotopic (exact) mass is 247 g/mol. The second-order valence-corrected chi connectivity index (χ2v) is 3.55. The van der Waals surface area contributed by atoms with Gasteiger partial charge >= 0.3 is 5.97 Å². The van der Waals surface area contributed by atoms with Gasteiger partial charge in [0.1, 0.15) is 5.75 Å². The van der Waals surface area contributed by atoms with Crippen LogP contribution in [0.2, 0.25) is 0 Å². The summed E-state index contributed by atoms with van der Waals surface area (Å²) >= 11 is 0. The van der Waals surface area contributed by atoms with Crippen LogP contribution >= 0.6 is 0 Å². The molecule has 1 aromatic carbocycles. The Morgan fingerprint density at radius 3 is 2.72 bits per heavy atom. The summed E-state index contributed by atoms with van der Waals surface area (Å²) in [5.74, 6) is 0.302. The molecule has 0 radical (unpaired) electrons. The fourth-order valence-electron chi connectivity index (χ4n) is 1.73. The number of methoxy groups -OCH3 is 2. The van der Waals surface area contributed by atoms with E-state index < -0.39 is 5.97 Å². The molecule has 0 aliphatic carbocycles. The Hall–Kier alpha value is -2.50. The predicted molar refractivity (Wildman–Crippen MR) is 66.3 cm³/mol. The number of H-pyrrole nitrogens is 1. The highest BCUT2D eigenvalue weighted by Gasteiger charge is 2.21. The fraction of sp³-hybridized carbons (Fsp3) is 0.167. The molecule has 0 bridgehead atoms. The summed E-state index contributed by atoms with van der Waals surface area (Å²) in [5, 5.41) is 6.40. The maximum Gasteiger partial charge on any atom is 0.356 e. The molecule has 1 aromatic heterocycles. The number of aromatic amines is 1. The van der Waals surface area contributed by atoms with E-state index in [2.05, 4.69) is 14.9 Å². The van der Waals surface area contributed by atoms with Gasteiger partial charge in [-0.25, -0.2) is 4.79 Å². The average Bonchev–Trinajstić information content (AvgIpc) is 2.79. The number of nitrogens with zero attached hydrogens (tertiary/aromatic N) is 1. The van der Waals surface area contributed by atoms with Gasteiger partial charge in [-0.15, -0.1) is 0 Å². The van der Waals surface area contributed by atoms with E-state index in [4.69, 9.17) is 10.5 Å². The number of nitrogens with two attached hydrogens (primary N) is 1. The Balaban J connectivity index is 2.63. The lowest BCUT2D eigenvalue weighted by atomic mass is 10.0. The van der Waals surface area contributed by atoms with E-state index in [1.54, 1.807) is 19.2 Å². The number of ether oxygens (including phenoxy) is 2. The lowest BCUT2D eigenvalue weighted by Gasteiger charge is -2.08. The summed E-state index contributed by atoms with van der Waals surface area (Å²) in [6, 6.07) is 7.23. The average molecular weight is 247 g/mol. The lowest BCUT2D eigenvalue weighted by molar-refractivity contribution is 0.0595. The summed E-state index contributed by atoms with van der Waals surface area (Å²) in [6.07, 6.45) is 0. The zero-order valence-corrected chi connectivity index (χ0v) is 10.1. The summed E-state index contributed by atoms with van der Waals surface area (Å²) in [5.41, 5.74) is 7.16. The number of hydrogen-bond donors (Lipinski definition) is 2. The lowest BCUT2D eigenvalue weighted by Crippen LogP contribution is -2.04. The molecule has 2 aromatic rings. The molecule has 0 aliphatic rings. The van der Waals surface area contributed by atoms with Crippen molar-refractivity contribution in [1.29, 1.82) is 0 Å². The quantitative estimate of drug-likeness (QED) is 0.801. The molecule has 0 saturated heterocycles. The third-order valence-corrected chi connectivity index (χ3v) is 2.56. The van der Waals surface area contributed by atoms with E-state index in [9.17, 15) is 4.79 Å². The van der Waals surface area contributed by atoms with Crippen molar-refractivity contribution in [3.05, 3.63) is 30.0 Å². The first-order valence-corrected chi connectivity index (χ1v) is 5.24. The largest absolute Gasteiger partial charge is 0.496 e. The second-order valence-electron chi connectivity index (χ2n) is 3.55. The van der Waals surface area contributed by atoms with Crippen LogP contribution in [0.5, 0.6) is 5.75 Å². The zero-order chi connectivity index (χ0) is 13.1. The van der Waals surface area contributed by atoms with E-state index in [0.717, 1.165) is 0 Å². The van der Waals surface area contributed by atoms with Crippen LogP contribution in [0.25, 0.3) is 11.1 Å². The Bertz CT molecular complexity index is 578. The van der Waals surface area contributed by atoms with Crippen molar-refractivity contribution in [1.82, 2.24) is 10.2 Å². The van der Waals surface area contributed by atoms with Crippen LogP contribution in [0.1, 0.15) is 10.5 Å². The Morgan fingerprint density at radius 1 is 1.33 bits per heavy atom. The van der Waals surface area contributed by atoms with Crippen LogP contribution in [0.3, 0.4) is 0 Å². The van der Waals surface area contributed by atoms with Crippen LogP contribution in [-0.4, -0.2) is 30.4 Å². The molecule has 18 heavy (non-hydrogen) atoms. The van der Waals surface area contributed by atoms with Crippen molar-refractivity contribution in [2.75, 3.05) is 20.0 Å². The van der Waals surface area contributed by atoms with Crippen LogP contribution in [0, 0.1) is 0 Å². The van der Waals surface area contributed by atoms with E-state index in [-0.39, 0.29) is 11.5 Å². The first kappa shape index (κ1) is 12.0. The Morgan fingerprint density at radius 2 is 2.06 bits per heavy atom. The predicted octanol–water partition coefficient (Wildman–Crippen LogP) is 1.45. The molecule has 3 N–H and O–H groups in total. The molecule has 0 saturated carbocycles. The standard InChI is InChI=1S/C12H13N3O3/c1-17-8-6-4-3-5-7(8)9-10(12(16)18-2)14-15-11(9)13/h3-6H,1-2H3,(H3,13,14,15). The molecule has 2 rings (SSSR count). The molecule has 0 spiro atoms. The molecule has 94 valence electrons. The Kier molecular flexibility index (Phi) is 3.18. The summed E-state index contributed by atoms with van der Waals surface area (Å²) in [6.45, 7) is 0. The van der Waals surface area contributed by atoms with Gasteiger partial charge in [0.15, 0.2) is 11.5 Å². The summed E-state index contributed by atoms with van der Waals surface area (Å²) in [7, 11) is 2.85. The first-order chi connectivity index (χ1) is 8.69. The van der Waals surface area contributed by atoms with E-state index in [0.29, 0.717) is 16.9 Å². The van der Waals surface area contributed by atoms with E-state index in [1.807, 2.05) is 12.1 Å². The van der Waals surface area contributed by atoms with Gasteiger partial charge in [-0.1, -0.05) is 18.2 Å². The summed E-state index contributed by atoms with van der Waals surface area (Å²) < 4.78 is 9.92. The van der Waals surface area contributed by atoms with Gasteiger partial charge < -0.3 is 15.2 Å². The molecule has 6 heteroatoms. The topological polar surface area (TPSA) is 90.2 Å². The SMILES string of the molecule is COC(=O)c1[nH]nc(N)c1-c1ccccc1OC. The van der Waals surface area contributed by atoms with E-state index >= 15 is 0 Å². The van der Waals surface area contributed by atoms with Gasteiger partial charge in [0, 0.05) is 5.56 Å². The van der Waals surface area contributed by atoms with Crippen molar-refractivity contribution >= 4 is 11.8 Å². The fourth-order valence-corrected chi connectivity index (χ4v) is 1.73. The molecular formula is C12H13N3O3. The van der Waals surface area contributed by atoms with E-state index in [1.165, 1.54) is 7.11 Å². The van der Waals surface area contributed by atoms with Crippen molar-refractivity contribution in [3.8, 4) is 16.9 Å². The van der Waals surface area contributed by atoms with Gasteiger partial charge in [-0.2, -0.15) is 5.10 Å². The molecule has 1 heterocycles. The number of anilines is 1. The van der Waals surface area contributed by atoms with Crippen LogP contribution in [-0.2, 0) is 4.74 Å². The van der Waals surface area contributed by atoms with Gasteiger partial charge in [-0.05, 0) is 6.07 Å². The van der Waals surface area contributed by atoms with Crippen LogP contribution < -0.4 is 10.5 Å². The smallest absolute Gasteiger partial charge is 0.356 e. The number of aromatic nitrogens is 2. The number of rotatable bonds is 3. The van der Waals surface area contributed by atoms with Gasteiger partial charge in [0.2, 0.25) is 0 Å². The van der Waals surface area contributed by atoms with Crippen molar-refractivity contribution in [2.24, 2.45) is 0 Å². The number of benzene rings is 1. The molecule has 0 amide bonds. The number of para-hydroxylation sites is 1. The third-order valence-electron chi connectivity index (χ3n) is 2.56. The zero-order valence-electron chi connectivity index (χ0n) is 10.1. The highest BCUT2D eigenvalue weighted by Crippen LogP contribution is 2.35. The minimum atomic E-state index is -0.528. The van der Waals surface area contributed by atoms with Crippen molar-refractivity contribution < 1.29 is 14.3 Å². The number of esters is 1. The molecule has 0 fully saturated rings. The summed E-state index contributed by atoms with van der Waals surface area (Å²) in [4.78, 5) is 11.6. The third kappa shape index (κ3) is 1.88. The number of nitrogen functional groups attached to an aromatic ring is 1. The minimum Gasteiger partial charge on any atom is -0.496 e. The van der Waals surface area contributed by atoms with Gasteiger partial charge in [0.25, 0.3) is 0 Å². The van der Waals surface area contributed by atoms with Gasteiger partial charge in [0.05, 0.1) is 19.8 Å². The number of carbonyl (C=O) groups is 1. The highest BCUT2D eigenvalue weighted by molar-refractivity contribution is 5.99. The molecule has 0 unspecified atom stereocenters. The number of nitrogens with one attached hydrogen (secondary N) is 1. The number of carbonyl (C=O) groups excluding carboxylic acids is 1.